The first-order chi connectivity index (χ1) is 11.2. The third-order valence-corrected chi connectivity index (χ3v) is 5.30. The largest absolute Gasteiger partial charge is 0.332 e. The van der Waals surface area contributed by atoms with Gasteiger partial charge in [0.15, 0.2) is 4.77 Å². The maximum Gasteiger partial charge on any atom is 0.262 e. The molecule has 124 valence electrons. The van der Waals surface area contributed by atoms with Crippen molar-refractivity contribution in [1.29, 1.82) is 0 Å². The summed E-state index contributed by atoms with van der Waals surface area (Å²) in [5.41, 5.74) is 0.836. The van der Waals surface area contributed by atoms with Crippen molar-refractivity contribution in [3.63, 3.8) is 0 Å². The van der Waals surface area contributed by atoms with Crippen LogP contribution in [0.15, 0.2) is 29.1 Å². The number of hydrogen-bond donors (Lipinski definition) is 1. The number of nitrogens with zero attached hydrogens (tertiary/aromatic N) is 2. The van der Waals surface area contributed by atoms with Gasteiger partial charge in [0.25, 0.3) is 5.56 Å². The van der Waals surface area contributed by atoms with Gasteiger partial charge in [-0.1, -0.05) is 31.4 Å². The Morgan fingerprint density at radius 1 is 1.26 bits per heavy atom. The van der Waals surface area contributed by atoms with Crippen LogP contribution in [-0.4, -0.2) is 34.1 Å². The van der Waals surface area contributed by atoms with E-state index < -0.39 is 0 Å². The molecule has 0 bridgehead atoms. The van der Waals surface area contributed by atoms with Gasteiger partial charge in [-0.05, 0) is 57.2 Å². The molecule has 0 spiro atoms. The van der Waals surface area contributed by atoms with Gasteiger partial charge in [-0.25, -0.2) is 0 Å². The van der Waals surface area contributed by atoms with Gasteiger partial charge in [-0.15, -0.1) is 0 Å². The molecule has 2 aromatic rings. The molecular formula is C18H25N3OS. The molecule has 1 aromatic heterocycles. The lowest BCUT2D eigenvalue weighted by atomic mass is 9.94. The van der Waals surface area contributed by atoms with Crippen LogP contribution < -0.4 is 5.56 Å². The van der Waals surface area contributed by atoms with Crippen molar-refractivity contribution in [2.24, 2.45) is 0 Å². The summed E-state index contributed by atoms with van der Waals surface area (Å²) in [6.45, 7) is 1.69. The fraction of sp³-hybridized carbons (Fsp3) is 0.556. The topological polar surface area (TPSA) is 41.0 Å². The average molecular weight is 331 g/mol. The van der Waals surface area contributed by atoms with E-state index in [1.54, 1.807) is 4.57 Å². The molecule has 4 nitrogen and oxygen atoms in total. The Morgan fingerprint density at radius 2 is 2.00 bits per heavy atom. The fourth-order valence-electron chi connectivity index (χ4n) is 3.58. The molecule has 1 N–H and O–H groups in total. The zero-order valence-corrected chi connectivity index (χ0v) is 14.6. The van der Waals surface area contributed by atoms with E-state index in [1.807, 2.05) is 24.3 Å². The van der Waals surface area contributed by atoms with Crippen LogP contribution in [0.25, 0.3) is 10.9 Å². The van der Waals surface area contributed by atoms with Gasteiger partial charge in [0.05, 0.1) is 10.9 Å². The summed E-state index contributed by atoms with van der Waals surface area (Å²) in [5, 5.41) is 0.710. The van der Waals surface area contributed by atoms with Crippen LogP contribution in [0, 0.1) is 4.77 Å². The summed E-state index contributed by atoms with van der Waals surface area (Å²) >= 11 is 5.36. The van der Waals surface area contributed by atoms with Crippen molar-refractivity contribution in [3.8, 4) is 0 Å². The average Bonchev–Trinajstić information content (AvgIpc) is 2.58. The summed E-state index contributed by atoms with van der Waals surface area (Å²) in [4.78, 5) is 18.2. The summed E-state index contributed by atoms with van der Waals surface area (Å²) < 4.78 is 2.22. The number of aromatic nitrogens is 2. The number of fused-ring (bicyclic) bond motifs is 1. The second kappa shape index (κ2) is 7.41. The first kappa shape index (κ1) is 16.4. The highest BCUT2D eigenvalue weighted by Gasteiger charge is 2.17. The highest BCUT2D eigenvalue weighted by molar-refractivity contribution is 7.71. The molecule has 1 heterocycles. The van der Waals surface area contributed by atoms with E-state index in [0.717, 1.165) is 18.5 Å². The van der Waals surface area contributed by atoms with Crippen molar-refractivity contribution in [2.75, 3.05) is 13.6 Å². The number of para-hydroxylation sites is 1. The van der Waals surface area contributed by atoms with Crippen molar-refractivity contribution in [1.82, 2.24) is 14.5 Å². The van der Waals surface area contributed by atoms with Crippen LogP contribution in [-0.2, 0) is 6.54 Å². The predicted molar refractivity (Wildman–Crippen MR) is 97.5 cm³/mol. The van der Waals surface area contributed by atoms with Crippen molar-refractivity contribution < 1.29 is 0 Å². The lowest BCUT2D eigenvalue weighted by molar-refractivity contribution is 0.187. The van der Waals surface area contributed by atoms with E-state index in [-0.39, 0.29) is 5.56 Å². The van der Waals surface area contributed by atoms with Crippen LogP contribution in [0.1, 0.15) is 38.5 Å². The monoisotopic (exact) mass is 331 g/mol. The third-order valence-electron chi connectivity index (χ3n) is 4.98. The summed E-state index contributed by atoms with van der Waals surface area (Å²) in [5.74, 6) is 0. The lowest BCUT2D eigenvalue weighted by Crippen LogP contribution is -2.35. The zero-order chi connectivity index (χ0) is 16.2. The van der Waals surface area contributed by atoms with E-state index >= 15 is 0 Å². The number of hydrogen-bond acceptors (Lipinski definition) is 3. The normalized spacial score (nSPS) is 16.3. The van der Waals surface area contributed by atoms with Crippen LogP contribution in [0.5, 0.6) is 0 Å². The SMILES string of the molecule is CN(CCCn1c(=S)[nH]c2ccccc2c1=O)C1CCCCC1. The van der Waals surface area contributed by atoms with Gasteiger partial charge in [0, 0.05) is 12.6 Å². The number of H-pyrrole nitrogens is 1. The second-order valence-electron chi connectivity index (χ2n) is 6.56. The molecule has 0 amide bonds. The molecule has 0 atom stereocenters. The number of nitrogens with one attached hydrogen (secondary N) is 1. The zero-order valence-electron chi connectivity index (χ0n) is 13.8. The van der Waals surface area contributed by atoms with E-state index in [4.69, 9.17) is 12.2 Å². The Bertz CT molecular complexity index is 774. The summed E-state index contributed by atoms with van der Waals surface area (Å²) in [7, 11) is 2.21. The molecule has 1 aliphatic carbocycles. The summed E-state index contributed by atoms with van der Waals surface area (Å²) in [6.07, 6.45) is 7.66. The van der Waals surface area contributed by atoms with Crippen LogP contribution in [0.3, 0.4) is 0 Å². The minimum atomic E-state index is 0.0182. The molecule has 1 fully saturated rings. The van der Waals surface area contributed by atoms with Crippen molar-refractivity contribution in [3.05, 3.63) is 39.4 Å². The molecule has 0 unspecified atom stereocenters. The lowest BCUT2D eigenvalue weighted by Gasteiger charge is -2.31. The molecule has 3 rings (SSSR count). The van der Waals surface area contributed by atoms with E-state index in [1.165, 1.54) is 32.1 Å². The maximum atomic E-state index is 12.6. The van der Waals surface area contributed by atoms with E-state index in [9.17, 15) is 4.79 Å². The molecule has 1 saturated carbocycles. The number of benzene rings is 1. The van der Waals surface area contributed by atoms with E-state index in [0.29, 0.717) is 22.7 Å². The highest BCUT2D eigenvalue weighted by atomic mass is 32.1. The van der Waals surface area contributed by atoms with E-state index in [2.05, 4.69) is 16.9 Å². The first-order valence-corrected chi connectivity index (χ1v) is 9.00. The van der Waals surface area contributed by atoms with Crippen molar-refractivity contribution in [2.45, 2.75) is 51.1 Å². The quantitative estimate of drug-likeness (QED) is 0.849. The van der Waals surface area contributed by atoms with Gasteiger partial charge in [-0.2, -0.15) is 0 Å². The molecule has 1 aliphatic rings. The second-order valence-corrected chi connectivity index (χ2v) is 6.95. The van der Waals surface area contributed by atoms with Gasteiger partial charge in [-0.3, -0.25) is 9.36 Å². The fourth-order valence-corrected chi connectivity index (χ4v) is 3.87. The molecule has 5 heteroatoms. The van der Waals surface area contributed by atoms with Gasteiger partial charge in [0.2, 0.25) is 0 Å². The molecule has 0 aliphatic heterocycles. The minimum Gasteiger partial charge on any atom is -0.332 e. The Morgan fingerprint density at radius 3 is 2.78 bits per heavy atom. The molecule has 23 heavy (non-hydrogen) atoms. The molecule has 1 aromatic carbocycles. The molecule has 0 radical (unpaired) electrons. The minimum absolute atomic E-state index is 0.0182. The number of rotatable bonds is 5. The van der Waals surface area contributed by atoms with Gasteiger partial charge < -0.3 is 9.88 Å². The van der Waals surface area contributed by atoms with Crippen LogP contribution >= 0.6 is 12.2 Å². The predicted octanol–water partition coefficient (Wildman–Crippen LogP) is 3.71. The standard InChI is InChI=1S/C18H25N3OS/c1-20(14-8-3-2-4-9-14)12-7-13-21-17(22)15-10-5-6-11-16(15)19-18(21)23/h5-6,10-11,14H,2-4,7-9,12-13H2,1H3,(H,19,23). The molecule has 0 saturated heterocycles. The maximum absolute atomic E-state index is 12.6. The van der Waals surface area contributed by atoms with Gasteiger partial charge in [0.1, 0.15) is 0 Å². The van der Waals surface area contributed by atoms with Crippen LogP contribution in [0.2, 0.25) is 0 Å². The Labute approximate surface area is 142 Å². The van der Waals surface area contributed by atoms with Crippen LogP contribution in [0.4, 0.5) is 0 Å². The Hall–Kier alpha value is -1.46. The van der Waals surface area contributed by atoms with Gasteiger partial charge >= 0.3 is 0 Å². The highest BCUT2D eigenvalue weighted by Crippen LogP contribution is 2.21. The van der Waals surface area contributed by atoms with Crippen molar-refractivity contribution >= 4 is 23.1 Å². The third kappa shape index (κ3) is 3.72. The Kier molecular flexibility index (Phi) is 5.28. The smallest absolute Gasteiger partial charge is 0.262 e. The summed E-state index contributed by atoms with van der Waals surface area (Å²) in [6, 6.07) is 8.27. The Balaban J connectivity index is 1.67. The molecular weight excluding hydrogens is 306 g/mol. The number of aromatic amines is 1. The first-order valence-electron chi connectivity index (χ1n) is 8.59.